The zero-order valence-corrected chi connectivity index (χ0v) is 7.54. The largest absolute Gasteiger partial charge is 0.309 e. The van der Waals surface area contributed by atoms with E-state index in [9.17, 15) is 4.39 Å². The Balaban J connectivity index is 3.09. The van der Waals surface area contributed by atoms with E-state index in [1.807, 2.05) is 6.26 Å². The van der Waals surface area contributed by atoms with E-state index in [2.05, 4.69) is 25.9 Å². The molecule has 2 nitrogen and oxygen atoms in total. The van der Waals surface area contributed by atoms with Crippen molar-refractivity contribution >= 4 is 27.7 Å². The molecule has 0 saturated heterocycles. The fourth-order valence-corrected chi connectivity index (χ4v) is 1.57. The summed E-state index contributed by atoms with van der Waals surface area (Å²) in [5.74, 6) is 0. The molecule has 0 fully saturated rings. The number of rotatable bonds is 1. The van der Waals surface area contributed by atoms with Crippen LogP contribution in [0.4, 0.5) is 4.39 Å². The van der Waals surface area contributed by atoms with Crippen molar-refractivity contribution in [2.75, 3.05) is 6.26 Å². The van der Waals surface area contributed by atoms with Crippen molar-refractivity contribution in [2.24, 2.45) is 0 Å². The van der Waals surface area contributed by atoms with Gasteiger partial charge in [0.05, 0.1) is 4.47 Å². The summed E-state index contributed by atoms with van der Waals surface area (Å²) < 4.78 is 13.0. The minimum absolute atomic E-state index is 0.618. The van der Waals surface area contributed by atoms with Crippen LogP contribution < -0.4 is 0 Å². The highest BCUT2D eigenvalue weighted by atomic mass is 79.9. The molecule has 5 heteroatoms. The van der Waals surface area contributed by atoms with E-state index in [1.54, 1.807) is 0 Å². The lowest BCUT2D eigenvalue weighted by atomic mass is 10.7. The third kappa shape index (κ3) is 1.67. The second kappa shape index (κ2) is 3.30. The van der Waals surface area contributed by atoms with E-state index in [0.29, 0.717) is 5.03 Å². The smallest absolute Gasteiger partial charge is 0.210 e. The Labute approximate surface area is 70.4 Å². The van der Waals surface area contributed by atoms with Crippen molar-refractivity contribution in [3.8, 4) is 0 Å². The van der Waals surface area contributed by atoms with Crippen LogP contribution in [0, 0.1) is 6.08 Å². The van der Waals surface area contributed by atoms with Crippen LogP contribution in [-0.2, 0) is 0 Å². The van der Waals surface area contributed by atoms with Crippen LogP contribution in [-0.4, -0.2) is 16.2 Å². The molecule has 0 N–H and O–H groups in total. The van der Waals surface area contributed by atoms with Crippen molar-refractivity contribution in [2.45, 2.75) is 5.03 Å². The summed E-state index contributed by atoms with van der Waals surface area (Å²) >= 11 is 4.55. The van der Waals surface area contributed by atoms with Gasteiger partial charge in [-0.1, -0.05) is 0 Å². The zero-order chi connectivity index (χ0) is 7.56. The second-order valence-corrected chi connectivity index (χ2v) is 3.15. The summed E-state index contributed by atoms with van der Waals surface area (Å²) in [5.41, 5.74) is 0. The lowest BCUT2D eigenvalue weighted by Crippen LogP contribution is -1.90. The Morgan fingerprint density at radius 3 is 2.90 bits per heavy atom. The second-order valence-electron chi connectivity index (χ2n) is 1.50. The van der Waals surface area contributed by atoms with Gasteiger partial charge in [0.1, 0.15) is 5.03 Å². The first-order valence-corrected chi connectivity index (χ1v) is 4.48. The Kier molecular flexibility index (Phi) is 2.62. The summed E-state index contributed by atoms with van der Waals surface area (Å²) in [6.07, 6.45) is 2.54. The number of hydrogen-bond donors (Lipinski definition) is 0. The van der Waals surface area contributed by atoms with Crippen molar-refractivity contribution in [3.05, 3.63) is 16.7 Å². The molecule has 1 heterocycles. The van der Waals surface area contributed by atoms with E-state index in [4.69, 9.17) is 0 Å². The normalized spacial score (nSPS) is 9.90. The van der Waals surface area contributed by atoms with Gasteiger partial charge in [0.15, 0.2) is 0 Å². The number of halogens is 2. The Bertz CT molecular complexity index is 243. The van der Waals surface area contributed by atoms with Crippen LogP contribution in [0.3, 0.4) is 0 Å². The zero-order valence-electron chi connectivity index (χ0n) is 5.14. The van der Waals surface area contributed by atoms with E-state index < -0.39 is 6.08 Å². The van der Waals surface area contributed by atoms with Crippen LogP contribution in [0.5, 0.6) is 0 Å². The van der Waals surface area contributed by atoms with Gasteiger partial charge in [-0.3, -0.25) is 0 Å². The van der Waals surface area contributed by atoms with Gasteiger partial charge in [-0.2, -0.15) is 9.37 Å². The predicted molar refractivity (Wildman–Crippen MR) is 41.5 cm³/mol. The molecule has 0 unspecified atom stereocenters. The standard InChI is InChI=1S/C5H4BrFN2S/c1-10-4-3(6)2-8-5(7)9-4/h2H,1H3. The quantitative estimate of drug-likeness (QED) is 0.414. The summed E-state index contributed by atoms with van der Waals surface area (Å²) in [6.45, 7) is 0. The van der Waals surface area contributed by atoms with Gasteiger partial charge in [-0.05, 0) is 22.2 Å². The molecule has 1 aromatic rings. The van der Waals surface area contributed by atoms with E-state index >= 15 is 0 Å². The third-order valence-corrected chi connectivity index (χ3v) is 2.42. The van der Waals surface area contributed by atoms with Gasteiger partial charge >= 0.3 is 6.08 Å². The average Bonchev–Trinajstić information content (AvgIpc) is 1.94. The number of hydrogen-bond acceptors (Lipinski definition) is 3. The fourth-order valence-electron chi connectivity index (χ4n) is 0.474. The van der Waals surface area contributed by atoms with Crippen molar-refractivity contribution < 1.29 is 4.39 Å². The summed E-state index contributed by atoms with van der Waals surface area (Å²) in [5, 5.41) is 0.618. The molecule has 0 spiro atoms. The van der Waals surface area contributed by atoms with Gasteiger partial charge in [0, 0.05) is 6.20 Å². The molecule has 0 aliphatic heterocycles. The Morgan fingerprint density at radius 2 is 2.40 bits per heavy atom. The number of thioether (sulfide) groups is 1. The van der Waals surface area contributed by atoms with Crippen LogP contribution in [0.2, 0.25) is 0 Å². The first-order chi connectivity index (χ1) is 4.74. The molecule has 0 radical (unpaired) electrons. The molecular weight excluding hydrogens is 219 g/mol. The van der Waals surface area contributed by atoms with Crippen LogP contribution >= 0.6 is 27.7 Å². The first-order valence-electron chi connectivity index (χ1n) is 2.46. The summed E-state index contributed by atoms with van der Waals surface area (Å²) in [4.78, 5) is 6.88. The van der Waals surface area contributed by atoms with Gasteiger partial charge < -0.3 is 0 Å². The predicted octanol–water partition coefficient (Wildman–Crippen LogP) is 2.10. The van der Waals surface area contributed by atoms with E-state index in [0.717, 1.165) is 4.47 Å². The lowest BCUT2D eigenvalue weighted by Gasteiger charge is -1.95. The highest BCUT2D eigenvalue weighted by Crippen LogP contribution is 2.21. The molecule has 54 valence electrons. The van der Waals surface area contributed by atoms with Gasteiger partial charge in [-0.15, -0.1) is 11.8 Å². The maximum Gasteiger partial charge on any atom is 0.309 e. The van der Waals surface area contributed by atoms with E-state index in [-0.39, 0.29) is 0 Å². The maximum atomic E-state index is 12.3. The molecule has 0 aliphatic carbocycles. The SMILES string of the molecule is CSc1nc(F)ncc1Br. The third-order valence-electron chi connectivity index (χ3n) is 0.876. The highest BCUT2D eigenvalue weighted by molar-refractivity contribution is 9.10. The topological polar surface area (TPSA) is 25.8 Å². The minimum atomic E-state index is -0.687. The molecule has 0 aliphatic rings. The Morgan fingerprint density at radius 1 is 1.70 bits per heavy atom. The Hall–Kier alpha value is -0.160. The van der Waals surface area contributed by atoms with Crippen molar-refractivity contribution in [1.82, 2.24) is 9.97 Å². The van der Waals surface area contributed by atoms with Gasteiger partial charge in [0.2, 0.25) is 0 Å². The van der Waals surface area contributed by atoms with Gasteiger partial charge in [0.25, 0.3) is 0 Å². The molecule has 0 amide bonds. The summed E-state index contributed by atoms with van der Waals surface area (Å²) in [7, 11) is 0. The molecule has 1 rings (SSSR count). The summed E-state index contributed by atoms with van der Waals surface area (Å²) in [6, 6.07) is 0. The average molecular weight is 223 g/mol. The molecule has 10 heavy (non-hydrogen) atoms. The molecule has 0 saturated carbocycles. The first kappa shape index (κ1) is 7.94. The monoisotopic (exact) mass is 222 g/mol. The molecule has 0 aromatic carbocycles. The molecule has 0 atom stereocenters. The molecular formula is C5H4BrFN2S. The van der Waals surface area contributed by atoms with Crippen LogP contribution in [0.25, 0.3) is 0 Å². The number of aromatic nitrogens is 2. The van der Waals surface area contributed by atoms with Crippen LogP contribution in [0.1, 0.15) is 0 Å². The molecule has 0 bridgehead atoms. The fraction of sp³-hybridized carbons (Fsp3) is 0.200. The maximum absolute atomic E-state index is 12.3. The molecule has 1 aromatic heterocycles. The van der Waals surface area contributed by atoms with Crippen molar-refractivity contribution in [1.29, 1.82) is 0 Å². The number of nitrogens with zero attached hydrogens (tertiary/aromatic N) is 2. The minimum Gasteiger partial charge on any atom is -0.210 e. The highest BCUT2D eigenvalue weighted by Gasteiger charge is 2.01. The van der Waals surface area contributed by atoms with E-state index in [1.165, 1.54) is 18.0 Å². The van der Waals surface area contributed by atoms with Crippen molar-refractivity contribution in [3.63, 3.8) is 0 Å². The van der Waals surface area contributed by atoms with Gasteiger partial charge in [-0.25, -0.2) is 4.98 Å². The lowest BCUT2D eigenvalue weighted by molar-refractivity contribution is 0.525. The van der Waals surface area contributed by atoms with Crippen LogP contribution in [0.15, 0.2) is 15.7 Å².